The van der Waals surface area contributed by atoms with Crippen LogP contribution in [0.3, 0.4) is 0 Å². The molecule has 2 amide bonds. The van der Waals surface area contributed by atoms with Crippen molar-refractivity contribution in [3.05, 3.63) is 64.7 Å². The first-order valence-electron chi connectivity index (χ1n) is 9.81. The number of hydrogen-bond donors (Lipinski definition) is 2. The summed E-state index contributed by atoms with van der Waals surface area (Å²) in [4.78, 5) is 25.1. The first-order chi connectivity index (χ1) is 14.4. The van der Waals surface area contributed by atoms with Gasteiger partial charge in [0.25, 0.3) is 5.91 Å². The first-order valence-corrected chi connectivity index (χ1v) is 9.81. The SMILES string of the molecule is O=C(c1ccc2c(c1)C[C@@]1(CCNC1=O)CC2)N(O)Cc1ccccc1OC(F)F. The van der Waals surface area contributed by atoms with Crippen LogP contribution in [-0.2, 0) is 24.2 Å². The second-order valence-corrected chi connectivity index (χ2v) is 7.80. The molecule has 30 heavy (non-hydrogen) atoms. The molecule has 1 heterocycles. The number of rotatable bonds is 5. The quantitative estimate of drug-likeness (QED) is 0.579. The molecule has 0 saturated carbocycles. The number of nitrogens with one attached hydrogen (secondary N) is 1. The molecule has 8 heteroatoms. The minimum atomic E-state index is -3.00. The Labute approximate surface area is 172 Å². The van der Waals surface area contributed by atoms with Gasteiger partial charge < -0.3 is 10.1 Å². The van der Waals surface area contributed by atoms with Gasteiger partial charge in [0.1, 0.15) is 5.75 Å². The van der Waals surface area contributed by atoms with Gasteiger partial charge in [0.2, 0.25) is 5.91 Å². The van der Waals surface area contributed by atoms with E-state index in [1.165, 1.54) is 18.2 Å². The van der Waals surface area contributed by atoms with Crippen molar-refractivity contribution < 1.29 is 28.3 Å². The van der Waals surface area contributed by atoms with Crippen LogP contribution >= 0.6 is 0 Å². The molecule has 158 valence electrons. The normalized spacial score (nSPS) is 20.2. The lowest BCUT2D eigenvalue weighted by molar-refractivity contribution is -0.128. The lowest BCUT2D eigenvalue weighted by atomic mass is 9.70. The van der Waals surface area contributed by atoms with Crippen LogP contribution in [0.4, 0.5) is 8.78 Å². The number of alkyl halides is 2. The van der Waals surface area contributed by atoms with Gasteiger partial charge >= 0.3 is 6.61 Å². The molecule has 1 spiro atoms. The molecule has 0 unspecified atom stereocenters. The maximum Gasteiger partial charge on any atom is 0.387 e. The molecule has 1 aliphatic heterocycles. The third kappa shape index (κ3) is 3.87. The largest absolute Gasteiger partial charge is 0.434 e. The van der Waals surface area contributed by atoms with E-state index in [-0.39, 0.29) is 29.3 Å². The lowest BCUT2D eigenvalue weighted by Crippen LogP contribution is -2.36. The number of amides is 2. The Balaban J connectivity index is 1.52. The van der Waals surface area contributed by atoms with Crippen molar-refractivity contribution >= 4 is 11.8 Å². The number of ether oxygens (including phenoxy) is 1. The van der Waals surface area contributed by atoms with E-state index in [0.29, 0.717) is 18.0 Å². The molecule has 2 aromatic carbocycles. The number of para-hydroxylation sites is 1. The Morgan fingerprint density at radius 1 is 1.20 bits per heavy atom. The van der Waals surface area contributed by atoms with Crippen molar-refractivity contribution in [3.8, 4) is 5.75 Å². The van der Waals surface area contributed by atoms with Crippen LogP contribution < -0.4 is 10.1 Å². The number of fused-ring (bicyclic) bond motifs is 1. The minimum Gasteiger partial charge on any atom is -0.434 e. The van der Waals surface area contributed by atoms with Crippen LogP contribution in [0.25, 0.3) is 0 Å². The van der Waals surface area contributed by atoms with E-state index in [1.54, 1.807) is 18.2 Å². The van der Waals surface area contributed by atoms with Crippen LogP contribution in [0.2, 0.25) is 0 Å². The molecule has 1 atom stereocenters. The smallest absolute Gasteiger partial charge is 0.387 e. The predicted molar refractivity (Wildman–Crippen MR) is 103 cm³/mol. The summed E-state index contributed by atoms with van der Waals surface area (Å²) >= 11 is 0. The number of nitrogens with zero attached hydrogens (tertiary/aromatic N) is 1. The minimum absolute atomic E-state index is 0.0595. The number of hydroxylamine groups is 2. The molecular weight excluding hydrogens is 394 g/mol. The summed E-state index contributed by atoms with van der Waals surface area (Å²) in [6.45, 7) is -2.64. The van der Waals surface area contributed by atoms with Crippen LogP contribution in [0.15, 0.2) is 42.5 Å². The van der Waals surface area contributed by atoms with E-state index >= 15 is 0 Å². The zero-order valence-corrected chi connectivity index (χ0v) is 16.2. The van der Waals surface area contributed by atoms with Gasteiger partial charge in [-0.15, -0.1) is 0 Å². The molecule has 4 rings (SSSR count). The Hall–Kier alpha value is -3.00. The molecule has 0 aromatic heterocycles. The second-order valence-electron chi connectivity index (χ2n) is 7.80. The highest BCUT2D eigenvalue weighted by atomic mass is 19.3. The fraction of sp³-hybridized carbons (Fsp3) is 0.364. The van der Waals surface area contributed by atoms with Crippen LogP contribution in [0, 0.1) is 5.41 Å². The highest BCUT2D eigenvalue weighted by Gasteiger charge is 2.44. The summed E-state index contributed by atoms with van der Waals surface area (Å²) in [5, 5.41) is 13.7. The highest BCUT2D eigenvalue weighted by molar-refractivity contribution is 5.94. The summed E-state index contributed by atoms with van der Waals surface area (Å²) in [5.41, 5.74) is 2.14. The Morgan fingerprint density at radius 2 is 2.00 bits per heavy atom. The van der Waals surface area contributed by atoms with E-state index in [1.807, 2.05) is 6.07 Å². The highest BCUT2D eigenvalue weighted by Crippen LogP contribution is 2.41. The zero-order chi connectivity index (χ0) is 21.3. The predicted octanol–water partition coefficient (Wildman–Crippen LogP) is 3.31. The van der Waals surface area contributed by atoms with Crippen molar-refractivity contribution in [2.24, 2.45) is 5.41 Å². The fourth-order valence-corrected chi connectivity index (χ4v) is 4.35. The summed E-state index contributed by atoms with van der Waals surface area (Å²) < 4.78 is 29.6. The molecule has 2 aromatic rings. The summed E-state index contributed by atoms with van der Waals surface area (Å²) in [6.07, 6.45) is 2.88. The van der Waals surface area contributed by atoms with E-state index in [9.17, 15) is 23.6 Å². The molecule has 0 bridgehead atoms. The summed E-state index contributed by atoms with van der Waals surface area (Å²) in [6, 6.07) is 11.2. The van der Waals surface area contributed by atoms with Gasteiger partial charge in [-0.05, 0) is 55.0 Å². The van der Waals surface area contributed by atoms with E-state index in [4.69, 9.17) is 0 Å². The molecule has 6 nitrogen and oxygen atoms in total. The first kappa shape index (κ1) is 20.3. The standard InChI is InChI=1S/C22H22F2N2O4/c23-21(24)30-18-4-2-1-3-16(18)13-26(29)19(27)15-6-5-14-7-8-22(12-17(14)11-15)9-10-25-20(22)28/h1-6,11,21,29H,7-10,12-13H2,(H,25,28)/t22-/m0/s1. The fourth-order valence-electron chi connectivity index (χ4n) is 4.35. The lowest BCUT2D eigenvalue weighted by Gasteiger charge is -2.32. The van der Waals surface area contributed by atoms with Crippen molar-refractivity contribution in [2.75, 3.05) is 6.54 Å². The number of carbonyl (C=O) groups is 2. The third-order valence-corrected chi connectivity index (χ3v) is 5.97. The maximum atomic E-state index is 12.8. The average Bonchev–Trinajstić information content (AvgIpc) is 3.07. The van der Waals surface area contributed by atoms with Crippen LogP contribution in [-0.4, -0.2) is 35.2 Å². The van der Waals surface area contributed by atoms with Gasteiger partial charge in [0, 0.05) is 17.7 Å². The molecule has 2 aliphatic rings. The van der Waals surface area contributed by atoms with E-state index in [0.717, 1.165) is 30.4 Å². The van der Waals surface area contributed by atoms with Crippen molar-refractivity contribution in [3.63, 3.8) is 0 Å². The number of halogens is 2. The van der Waals surface area contributed by atoms with Gasteiger partial charge in [-0.2, -0.15) is 8.78 Å². The monoisotopic (exact) mass is 416 g/mol. The maximum absolute atomic E-state index is 12.8. The number of carbonyl (C=O) groups excluding carboxylic acids is 2. The molecule has 2 N–H and O–H groups in total. The number of benzene rings is 2. The van der Waals surface area contributed by atoms with Crippen molar-refractivity contribution in [2.45, 2.75) is 38.8 Å². The Morgan fingerprint density at radius 3 is 2.73 bits per heavy atom. The van der Waals surface area contributed by atoms with E-state index in [2.05, 4.69) is 10.1 Å². The van der Waals surface area contributed by atoms with Gasteiger partial charge in [0.15, 0.2) is 0 Å². The summed E-state index contributed by atoms with van der Waals surface area (Å²) in [5.74, 6) is -0.691. The van der Waals surface area contributed by atoms with Crippen LogP contribution in [0.1, 0.15) is 39.9 Å². The van der Waals surface area contributed by atoms with Crippen molar-refractivity contribution in [1.82, 2.24) is 10.4 Å². The van der Waals surface area contributed by atoms with Crippen LogP contribution in [0.5, 0.6) is 5.75 Å². The van der Waals surface area contributed by atoms with Gasteiger partial charge in [-0.25, -0.2) is 5.06 Å². The Kier molecular flexibility index (Phi) is 5.42. The average molecular weight is 416 g/mol. The number of aryl methyl sites for hydroxylation is 1. The summed E-state index contributed by atoms with van der Waals surface area (Å²) in [7, 11) is 0. The second kappa shape index (κ2) is 8.02. The number of hydrogen-bond acceptors (Lipinski definition) is 4. The molecule has 1 aliphatic carbocycles. The molecule has 1 saturated heterocycles. The molecule has 1 fully saturated rings. The van der Waals surface area contributed by atoms with Crippen molar-refractivity contribution in [1.29, 1.82) is 0 Å². The third-order valence-electron chi connectivity index (χ3n) is 5.97. The van der Waals surface area contributed by atoms with Gasteiger partial charge in [-0.3, -0.25) is 14.8 Å². The van der Waals surface area contributed by atoms with Gasteiger partial charge in [0.05, 0.1) is 12.0 Å². The zero-order valence-electron chi connectivity index (χ0n) is 16.2. The Bertz CT molecular complexity index is 981. The van der Waals surface area contributed by atoms with E-state index < -0.39 is 17.9 Å². The molecular formula is C22H22F2N2O4. The van der Waals surface area contributed by atoms with Gasteiger partial charge in [-0.1, -0.05) is 24.3 Å². The topological polar surface area (TPSA) is 78.9 Å². The molecule has 0 radical (unpaired) electrons.